The molecular formula is C22H24. The Balaban J connectivity index is 2.10. The van der Waals surface area contributed by atoms with Crippen molar-refractivity contribution in [1.82, 2.24) is 0 Å². The Kier molecular flexibility index (Phi) is 4.02. The van der Waals surface area contributed by atoms with Crippen LogP contribution in [-0.4, -0.2) is 0 Å². The van der Waals surface area contributed by atoms with E-state index in [-0.39, 0.29) is 0 Å². The molecule has 2 aromatic rings. The molecule has 0 fully saturated rings. The van der Waals surface area contributed by atoms with Crippen LogP contribution in [0.15, 0.2) is 66.3 Å². The molecule has 0 aromatic heterocycles. The van der Waals surface area contributed by atoms with Crippen molar-refractivity contribution in [3.63, 3.8) is 0 Å². The predicted octanol–water partition coefficient (Wildman–Crippen LogP) is 6.07. The van der Waals surface area contributed by atoms with Gasteiger partial charge in [-0.05, 0) is 60.1 Å². The zero-order chi connectivity index (χ0) is 15.7. The molecule has 0 aliphatic heterocycles. The summed E-state index contributed by atoms with van der Waals surface area (Å²) < 4.78 is 0. The van der Waals surface area contributed by atoms with Crippen molar-refractivity contribution in [2.45, 2.75) is 33.6 Å². The lowest BCUT2D eigenvalue weighted by Gasteiger charge is -2.28. The normalized spacial score (nSPS) is 21.3. The van der Waals surface area contributed by atoms with Crippen molar-refractivity contribution in [1.29, 1.82) is 0 Å². The summed E-state index contributed by atoms with van der Waals surface area (Å²) in [6.07, 6.45) is 4.91. The molecule has 0 heteroatoms. The zero-order valence-electron chi connectivity index (χ0n) is 13.9. The van der Waals surface area contributed by atoms with Gasteiger partial charge in [-0.15, -0.1) is 0 Å². The highest BCUT2D eigenvalue weighted by molar-refractivity contribution is 5.82. The van der Waals surface area contributed by atoms with E-state index >= 15 is 0 Å². The second kappa shape index (κ2) is 5.96. The molecule has 0 radical (unpaired) electrons. The number of benzene rings is 2. The highest BCUT2D eigenvalue weighted by Crippen LogP contribution is 2.40. The van der Waals surface area contributed by atoms with Crippen LogP contribution in [0.25, 0.3) is 5.57 Å². The highest BCUT2D eigenvalue weighted by atomic mass is 14.3. The highest BCUT2D eigenvalue weighted by Gasteiger charge is 2.23. The van der Waals surface area contributed by atoms with E-state index in [0.717, 1.165) is 0 Å². The fraction of sp³-hybridized carbons (Fsp3) is 0.273. The molecule has 3 rings (SSSR count). The fourth-order valence-corrected chi connectivity index (χ4v) is 3.56. The average Bonchev–Trinajstić information content (AvgIpc) is 2.50. The van der Waals surface area contributed by atoms with Crippen LogP contribution >= 0.6 is 0 Å². The summed E-state index contributed by atoms with van der Waals surface area (Å²) in [4.78, 5) is 0. The van der Waals surface area contributed by atoms with Gasteiger partial charge in [-0.25, -0.2) is 0 Å². The van der Waals surface area contributed by atoms with Gasteiger partial charge in [0, 0.05) is 5.92 Å². The lowest BCUT2D eigenvalue weighted by molar-refractivity contribution is 0.630. The number of hydrogen-bond donors (Lipinski definition) is 0. The molecule has 1 aliphatic carbocycles. The Morgan fingerprint density at radius 3 is 2.05 bits per heavy atom. The Hall–Kier alpha value is -2.08. The Morgan fingerprint density at radius 2 is 1.36 bits per heavy atom. The summed E-state index contributed by atoms with van der Waals surface area (Å²) in [6.45, 7) is 8.98. The van der Waals surface area contributed by atoms with E-state index in [4.69, 9.17) is 0 Å². The van der Waals surface area contributed by atoms with Crippen molar-refractivity contribution in [2.75, 3.05) is 0 Å². The second-order valence-electron chi connectivity index (χ2n) is 6.49. The third kappa shape index (κ3) is 2.66. The third-order valence-corrected chi connectivity index (χ3v) is 4.83. The first kappa shape index (κ1) is 14.8. The SMILES string of the molecule is CC1=CC(C)C(c2ccccc2C)C=C1c1ccccc1C. The first-order chi connectivity index (χ1) is 10.6. The van der Waals surface area contributed by atoms with Crippen molar-refractivity contribution >= 4 is 5.57 Å². The van der Waals surface area contributed by atoms with Gasteiger partial charge in [0.05, 0.1) is 0 Å². The minimum atomic E-state index is 0.458. The molecule has 0 saturated carbocycles. The minimum absolute atomic E-state index is 0.458. The summed E-state index contributed by atoms with van der Waals surface area (Å²) in [5.74, 6) is 0.994. The molecular weight excluding hydrogens is 264 g/mol. The molecule has 2 unspecified atom stereocenters. The Morgan fingerprint density at radius 1 is 0.727 bits per heavy atom. The molecule has 0 spiro atoms. The Bertz CT molecular complexity index is 746. The second-order valence-corrected chi connectivity index (χ2v) is 6.49. The summed E-state index contributed by atoms with van der Waals surface area (Å²) in [5, 5.41) is 0. The molecule has 1 aliphatic rings. The molecule has 2 atom stereocenters. The van der Waals surface area contributed by atoms with Gasteiger partial charge in [0.25, 0.3) is 0 Å². The predicted molar refractivity (Wildman–Crippen MR) is 96.0 cm³/mol. The largest absolute Gasteiger partial charge is 0.0772 e. The standard InChI is InChI=1S/C22H24/c1-15-9-5-7-11-19(15)21-14-22(18(4)13-17(21)3)20-12-8-6-10-16(20)2/h5-14,17,21H,1-4H3. The maximum atomic E-state index is 2.48. The molecule has 112 valence electrons. The molecule has 0 bridgehead atoms. The lowest BCUT2D eigenvalue weighted by Crippen LogP contribution is -2.12. The van der Waals surface area contributed by atoms with Crippen LogP contribution in [0.4, 0.5) is 0 Å². The monoisotopic (exact) mass is 288 g/mol. The average molecular weight is 288 g/mol. The van der Waals surface area contributed by atoms with Crippen LogP contribution in [-0.2, 0) is 0 Å². The van der Waals surface area contributed by atoms with Crippen LogP contribution in [0, 0.1) is 19.8 Å². The van der Waals surface area contributed by atoms with E-state index in [9.17, 15) is 0 Å². The summed E-state index contributed by atoms with van der Waals surface area (Å²) in [6, 6.07) is 17.5. The lowest BCUT2D eigenvalue weighted by atomic mass is 9.76. The van der Waals surface area contributed by atoms with E-state index in [0.29, 0.717) is 11.8 Å². The Labute approximate surface area is 134 Å². The molecule has 22 heavy (non-hydrogen) atoms. The van der Waals surface area contributed by atoms with Crippen LogP contribution in [0.2, 0.25) is 0 Å². The van der Waals surface area contributed by atoms with Gasteiger partial charge in [-0.1, -0.05) is 67.6 Å². The number of hydrogen-bond acceptors (Lipinski definition) is 0. The van der Waals surface area contributed by atoms with Gasteiger partial charge in [0.1, 0.15) is 0 Å². The van der Waals surface area contributed by atoms with E-state index in [1.165, 1.54) is 33.4 Å². The molecule has 0 heterocycles. The third-order valence-electron chi connectivity index (χ3n) is 4.83. The summed E-state index contributed by atoms with van der Waals surface area (Å²) in [5.41, 5.74) is 8.33. The quantitative estimate of drug-likeness (QED) is 0.629. The van der Waals surface area contributed by atoms with E-state index in [1.54, 1.807) is 0 Å². The van der Waals surface area contributed by atoms with Crippen LogP contribution in [0.1, 0.15) is 42.0 Å². The molecule has 0 N–H and O–H groups in total. The molecule has 0 saturated heterocycles. The zero-order valence-corrected chi connectivity index (χ0v) is 13.9. The smallest absolute Gasteiger partial charge is 0.00902 e. The van der Waals surface area contributed by atoms with Gasteiger partial charge in [-0.3, -0.25) is 0 Å². The van der Waals surface area contributed by atoms with Crippen LogP contribution < -0.4 is 0 Å². The molecule has 0 amide bonds. The van der Waals surface area contributed by atoms with Crippen molar-refractivity contribution < 1.29 is 0 Å². The first-order valence-corrected chi connectivity index (χ1v) is 8.10. The fourth-order valence-electron chi connectivity index (χ4n) is 3.56. The van der Waals surface area contributed by atoms with Gasteiger partial charge >= 0.3 is 0 Å². The summed E-state index contributed by atoms with van der Waals surface area (Å²) >= 11 is 0. The molecule has 0 nitrogen and oxygen atoms in total. The van der Waals surface area contributed by atoms with E-state index in [1.807, 2.05) is 0 Å². The number of aryl methyl sites for hydroxylation is 2. The topological polar surface area (TPSA) is 0 Å². The van der Waals surface area contributed by atoms with Crippen molar-refractivity contribution in [3.8, 4) is 0 Å². The van der Waals surface area contributed by atoms with Crippen LogP contribution in [0.5, 0.6) is 0 Å². The number of rotatable bonds is 2. The van der Waals surface area contributed by atoms with Crippen LogP contribution in [0.3, 0.4) is 0 Å². The van der Waals surface area contributed by atoms with E-state index in [2.05, 4.69) is 88.4 Å². The van der Waals surface area contributed by atoms with Gasteiger partial charge in [0.15, 0.2) is 0 Å². The van der Waals surface area contributed by atoms with Gasteiger partial charge < -0.3 is 0 Å². The summed E-state index contributed by atoms with van der Waals surface area (Å²) in [7, 11) is 0. The molecule has 2 aromatic carbocycles. The first-order valence-electron chi connectivity index (χ1n) is 8.10. The number of allylic oxidation sites excluding steroid dienone is 4. The minimum Gasteiger partial charge on any atom is -0.0772 e. The van der Waals surface area contributed by atoms with Crippen molar-refractivity contribution in [2.24, 2.45) is 5.92 Å². The van der Waals surface area contributed by atoms with Gasteiger partial charge in [-0.2, -0.15) is 0 Å². The van der Waals surface area contributed by atoms with Crippen molar-refractivity contribution in [3.05, 3.63) is 88.5 Å². The van der Waals surface area contributed by atoms with E-state index < -0.39 is 0 Å². The maximum Gasteiger partial charge on any atom is 0.00902 e. The maximum absolute atomic E-state index is 2.48. The van der Waals surface area contributed by atoms with Gasteiger partial charge in [0.2, 0.25) is 0 Å².